The van der Waals surface area contributed by atoms with Crippen molar-refractivity contribution in [3.8, 4) is 5.69 Å². The molecule has 2 aromatic heterocycles. The molecule has 1 fully saturated rings. The van der Waals surface area contributed by atoms with Gasteiger partial charge in [0.25, 0.3) is 0 Å². The van der Waals surface area contributed by atoms with Crippen LogP contribution in [0.2, 0.25) is 0 Å². The highest BCUT2D eigenvalue weighted by Crippen LogP contribution is 2.40. The molecule has 7 rings (SSSR count). The van der Waals surface area contributed by atoms with Gasteiger partial charge in [-0.05, 0) is 70.8 Å². The monoisotopic (exact) mass is 567 g/mol. The summed E-state index contributed by atoms with van der Waals surface area (Å²) in [5, 5.41) is 11.7. The average molecular weight is 568 g/mol. The van der Waals surface area contributed by atoms with E-state index in [0.717, 1.165) is 33.5 Å². The van der Waals surface area contributed by atoms with Crippen molar-refractivity contribution in [1.29, 1.82) is 0 Å². The van der Waals surface area contributed by atoms with Crippen LogP contribution in [0.4, 0.5) is 5.69 Å². The van der Waals surface area contributed by atoms with Crippen LogP contribution in [0.1, 0.15) is 29.9 Å². The van der Waals surface area contributed by atoms with Gasteiger partial charge in [0.15, 0.2) is 5.11 Å². The maximum atomic E-state index is 13.3. The number of carbonyl (C=O) groups is 1. The Morgan fingerprint density at radius 1 is 0.833 bits per heavy atom. The fourth-order valence-corrected chi connectivity index (χ4v) is 6.27. The van der Waals surface area contributed by atoms with Crippen LogP contribution in [0.25, 0.3) is 27.2 Å². The number of hydrogen-bond donors (Lipinski definition) is 2. The molecule has 6 nitrogen and oxygen atoms in total. The minimum Gasteiger partial charge on any atom is -0.352 e. The standard InChI is InChI=1S/C35H29N5OS/c41-32(37-29-15-7-12-25-10-3-4-13-28(25)29)19-22-40-34(33(38-35(40)42)30-14-5-6-20-36-30)31-16-8-21-39(31)27-18-17-24-9-1-2-11-26(24)23-27/h1-18,20-21,23,33-34H,19,22H2,(H,37,41)(H,38,42)/t33-,34+/m0/s1. The van der Waals surface area contributed by atoms with Crippen molar-refractivity contribution in [2.45, 2.75) is 18.5 Å². The Morgan fingerprint density at radius 2 is 1.62 bits per heavy atom. The van der Waals surface area contributed by atoms with Crippen molar-refractivity contribution < 1.29 is 4.79 Å². The number of amides is 1. The molecule has 0 radical (unpaired) electrons. The van der Waals surface area contributed by atoms with Gasteiger partial charge in [-0.3, -0.25) is 9.78 Å². The van der Waals surface area contributed by atoms with Gasteiger partial charge < -0.3 is 20.1 Å². The summed E-state index contributed by atoms with van der Waals surface area (Å²) in [5.74, 6) is -0.0564. The number of fused-ring (bicyclic) bond motifs is 2. The molecule has 1 aliphatic rings. The highest BCUT2D eigenvalue weighted by atomic mass is 32.1. The van der Waals surface area contributed by atoms with Crippen LogP contribution in [0.15, 0.2) is 128 Å². The molecule has 1 amide bonds. The molecule has 4 aromatic carbocycles. The van der Waals surface area contributed by atoms with Gasteiger partial charge in [0, 0.05) is 47.8 Å². The Labute approximate surface area is 249 Å². The number of benzene rings is 4. The molecule has 6 aromatic rings. The Bertz CT molecular complexity index is 1910. The molecule has 2 atom stereocenters. The maximum absolute atomic E-state index is 13.3. The minimum absolute atomic E-state index is 0.0564. The van der Waals surface area contributed by atoms with Crippen LogP contribution in [-0.2, 0) is 4.79 Å². The van der Waals surface area contributed by atoms with Crippen molar-refractivity contribution in [3.05, 3.63) is 139 Å². The predicted octanol–water partition coefficient (Wildman–Crippen LogP) is 7.18. The zero-order valence-corrected chi connectivity index (χ0v) is 23.7. The second kappa shape index (κ2) is 11.1. The quantitative estimate of drug-likeness (QED) is 0.200. The largest absolute Gasteiger partial charge is 0.352 e. The van der Waals surface area contributed by atoms with Crippen LogP contribution in [0.3, 0.4) is 0 Å². The van der Waals surface area contributed by atoms with Crippen molar-refractivity contribution >= 4 is 50.5 Å². The van der Waals surface area contributed by atoms with E-state index in [0.29, 0.717) is 11.7 Å². The average Bonchev–Trinajstić information content (AvgIpc) is 3.64. The van der Waals surface area contributed by atoms with E-state index in [2.05, 4.69) is 85.9 Å². The van der Waals surface area contributed by atoms with Crippen molar-refractivity contribution in [1.82, 2.24) is 19.8 Å². The van der Waals surface area contributed by atoms with E-state index in [4.69, 9.17) is 12.2 Å². The lowest BCUT2D eigenvalue weighted by molar-refractivity contribution is -0.116. The summed E-state index contributed by atoms with van der Waals surface area (Å²) in [4.78, 5) is 20.1. The number of nitrogens with zero attached hydrogens (tertiary/aromatic N) is 3. The molecule has 206 valence electrons. The summed E-state index contributed by atoms with van der Waals surface area (Å²) in [6.45, 7) is 0.458. The maximum Gasteiger partial charge on any atom is 0.226 e. The first kappa shape index (κ1) is 25.9. The van der Waals surface area contributed by atoms with Gasteiger partial charge >= 0.3 is 0 Å². The molecule has 0 bridgehead atoms. The van der Waals surface area contributed by atoms with E-state index in [-0.39, 0.29) is 24.4 Å². The van der Waals surface area contributed by atoms with E-state index < -0.39 is 0 Å². The zero-order chi connectivity index (χ0) is 28.5. The molecule has 0 unspecified atom stereocenters. The van der Waals surface area contributed by atoms with Crippen LogP contribution >= 0.6 is 12.2 Å². The molecule has 1 saturated heterocycles. The normalized spacial score (nSPS) is 16.6. The van der Waals surface area contributed by atoms with Gasteiger partial charge in [0.1, 0.15) is 0 Å². The number of aromatic nitrogens is 2. The van der Waals surface area contributed by atoms with E-state index >= 15 is 0 Å². The molecule has 7 heteroatoms. The van der Waals surface area contributed by atoms with Crippen molar-refractivity contribution in [2.24, 2.45) is 0 Å². The third-order valence-corrected chi connectivity index (χ3v) is 8.29. The summed E-state index contributed by atoms with van der Waals surface area (Å²) in [6, 6.07) is 38.7. The van der Waals surface area contributed by atoms with Crippen LogP contribution in [0, 0.1) is 0 Å². The molecule has 3 heterocycles. The van der Waals surface area contributed by atoms with Gasteiger partial charge in [-0.1, -0.05) is 72.8 Å². The molecule has 42 heavy (non-hydrogen) atoms. The van der Waals surface area contributed by atoms with E-state index in [1.165, 1.54) is 10.8 Å². The third kappa shape index (κ3) is 4.88. The second-order valence-electron chi connectivity index (χ2n) is 10.5. The molecular weight excluding hydrogens is 538 g/mol. The van der Waals surface area contributed by atoms with Crippen molar-refractivity contribution in [3.63, 3.8) is 0 Å². The van der Waals surface area contributed by atoms with Gasteiger partial charge in [-0.2, -0.15) is 0 Å². The summed E-state index contributed by atoms with van der Waals surface area (Å²) in [5.41, 5.74) is 3.86. The lowest BCUT2D eigenvalue weighted by Gasteiger charge is -2.29. The number of carbonyl (C=O) groups excluding carboxylic acids is 1. The highest BCUT2D eigenvalue weighted by Gasteiger charge is 2.41. The predicted molar refractivity (Wildman–Crippen MR) is 173 cm³/mol. The lowest BCUT2D eigenvalue weighted by Crippen LogP contribution is -2.33. The number of rotatable bonds is 7. The third-order valence-electron chi connectivity index (χ3n) is 7.94. The topological polar surface area (TPSA) is 62.2 Å². The van der Waals surface area contributed by atoms with Gasteiger partial charge in [-0.25, -0.2) is 0 Å². The second-order valence-corrected chi connectivity index (χ2v) is 10.9. The fraction of sp³-hybridized carbons (Fsp3) is 0.114. The molecule has 0 spiro atoms. The van der Waals surface area contributed by atoms with E-state index in [1.807, 2.05) is 60.7 Å². The molecule has 0 aliphatic carbocycles. The Morgan fingerprint density at radius 3 is 2.48 bits per heavy atom. The summed E-state index contributed by atoms with van der Waals surface area (Å²) >= 11 is 5.88. The smallest absolute Gasteiger partial charge is 0.226 e. The molecular formula is C35H29N5OS. The minimum atomic E-state index is -0.172. The van der Waals surface area contributed by atoms with E-state index in [9.17, 15) is 4.79 Å². The first-order valence-electron chi connectivity index (χ1n) is 14.1. The Hall–Kier alpha value is -5.01. The summed E-state index contributed by atoms with van der Waals surface area (Å²) in [6.07, 6.45) is 4.18. The van der Waals surface area contributed by atoms with Crippen LogP contribution in [-0.4, -0.2) is 32.0 Å². The van der Waals surface area contributed by atoms with Crippen LogP contribution in [0.5, 0.6) is 0 Å². The van der Waals surface area contributed by atoms with Crippen LogP contribution < -0.4 is 10.6 Å². The zero-order valence-electron chi connectivity index (χ0n) is 22.9. The number of nitrogens with one attached hydrogen (secondary N) is 2. The molecule has 2 N–H and O–H groups in total. The number of anilines is 1. The molecule has 1 aliphatic heterocycles. The summed E-state index contributed by atoms with van der Waals surface area (Å²) in [7, 11) is 0. The SMILES string of the molecule is O=C(CCN1C(=S)N[C@@H](c2ccccn2)[C@H]1c1cccn1-c1ccc2ccccc2c1)Nc1cccc2ccccc12. The first-order chi connectivity index (χ1) is 20.7. The van der Waals surface area contributed by atoms with Gasteiger partial charge in [-0.15, -0.1) is 0 Å². The van der Waals surface area contributed by atoms with Crippen molar-refractivity contribution in [2.75, 3.05) is 11.9 Å². The summed E-state index contributed by atoms with van der Waals surface area (Å²) < 4.78 is 2.21. The Kier molecular flexibility index (Phi) is 6.85. The Balaban J connectivity index is 1.20. The number of hydrogen-bond acceptors (Lipinski definition) is 3. The van der Waals surface area contributed by atoms with Gasteiger partial charge in [0.2, 0.25) is 5.91 Å². The van der Waals surface area contributed by atoms with E-state index in [1.54, 1.807) is 6.20 Å². The highest BCUT2D eigenvalue weighted by molar-refractivity contribution is 7.80. The molecule has 0 saturated carbocycles. The number of thiocarbonyl (C=S) groups is 1. The fourth-order valence-electron chi connectivity index (χ4n) is 5.93. The lowest BCUT2D eigenvalue weighted by atomic mass is 10.0. The first-order valence-corrected chi connectivity index (χ1v) is 14.5. The number of pyridine rings is 1. The van der Waals surface area contributed by atoms with Gasteiger partial charge in [0.05, 0.1) is 17.8 Å².